The highest BCUT2D eigenvalue weighted by molar-refractivity contribution is 5.69. The Morgan fingerprint density at radius 1 is 0.920 bits per heavy atom. The molecule has 0 aromatic heterocycles. The largest absolute Gasteiger partial charge is 0.463 e. The van der Waals surface area contributed by atoms with Crippen LogP contribution in [0.2, 0.25) is 0 Å². The second kappa shape index (κ2) is 18.9. The number of allylic oxidation sites excluding steroid dienone is 6. The third-order valence-corrected chi connectivity index (χ3v) is 3.68. The van der Waals surface area contributed by atoms with Gasteiger partial charge in [-0.05, 0) is 38.5 Å². The Balaban J connectivity index is 3.34. The Kier molecular flexibility index (Phi) is 17.9. The first-order valence-corrected chi connectivity index (χ1v) is 9.60. The first-order chi connectivity index (χ1) is 12.2. The van der Waals surface area contributed by atoms with Crippen molar-refractivity contribution in [1.82, 2.24) is 0 Å². The molecule has 0 bridgehead atoms. The molecule has 0 saturated heterocycles. The van der Waals surface area contributed by atoms with Gasteiger partial charge in [-0.1, -0.05) is 62.6 Å². The Morgan fingerprint density at radius 2 is 1.52 bits per heavy atom. The van der Waals surface area contributed by atoms with Gasteiger partial charge >= 0.3 is 5.97 Å². The predicted octanol–water partition coefficient (Wildman–Crippen LogP) is 4.47. The molecule has 0 heterocycles. The fraction of sp³-hybridized carbons (Fsp3) is 0.667. The molecule has 0 aliphatic heterocycles. The Morgan fingerprint density at radius 3 is 2.20 bits per heavy atom. The van der Waals surface area contributed by atoms with E-state index in [1.54, 1.807) is 0 Å². The summed E-state index contributed by atoms with van der Waals surface area (Å²) in [5.74, 6) is -0.298. The van der Waals surface area contributed by atoms with Crippen LogP contribution < -0.4 is 0 Å². The molecule has 0 spiro atoms. The summed E-state index contributed by atoms with van der Waals surface area (Å²) in [5.41, 5.74) is 0. The Bertz CT molecular complexity index is 385. The number of hydrogen-bond acceptors (Lipinski definition) is 4. The normalized spacial score (nSPS) is 13.2. The Hall–Kier alpha value is -1.39. The van der Waals surface area contributed by atoms with E-state index >= 15 is 0 Å². The van der Waals surface area contributed by atoms with E-state index in [0.717, 1.165) is 44.9 Å². The third kappa shape index (κ3) is 18.8. The number of rotatable bonds is 16. The molecule has 0 aromatic carbocycles. The van der Waals surface area contributed by atoms with E-state index in [2.05, 4.69) is 43.4 Å². The quantitative estimate of drug-likeness (QED) is 0.244. The number of carbonyl (C=O) groups excluding carboxylic acids is 1. The van der Waals surface area contributed by atoms with Gasteiger partial charge in [0.15, 0.2) is 0 Å². The number of aliphatic hydroxyl groups is 2. The van der Waals surface area contributed by atoms with Crippen LogP contribution in [0.25, 0.3) is 0 Å². The van der Waals surface area contributed by atoms with E-state index in [1.807, 2.05) is 0 Å². The van der Waals surface area contributed by atoms with Crippen LogP contribution in [0.4, 0.5) is 0 Å². The van der Waals surface area contributed by atoms with Gasteiger partial charge in [-0.3, -0.25) is 4.79 Å². The summed E-state index contributed by atoms with van der Waals surface area (Å²) in [6.07, 6.45) is 22.3. The number of carbonyl (C=O) groups is 1. The SMILES string of the molecule is CC/C=C\C/C=C\C/C=C\CCCCCCCC(=O)OC[C@H](O)CO. The summed E-state index contributed by atoms with van der Waals surface area (Å²) in [7, 11) is 0. The first kappa shape index (κ1) is 23.6. The topological polar surface area (TPSA) is 66.8 Å². The van der Waals surface area contributed by atoms with Crippen molar-refractivity contribution < 1.29 is 19.7 Å². The van der Waals surface area contributed by atoms with E-state index in [9.17, 15) is 4.79 Å². The molecular weight excluding hydrogens is 316 g/mol. The standard InChI is InChI=1S/C21H36O4/c1-2-3-4-5-6-7-8-9-10-11-12-13-14-15-16-17-21(24)25-19-20(23)18-22/h3-4,6-7,9-10,20,22-23H,2,5,8,11-19H2,1H3/b4-3-,7-6-,10-9-/t20-/m1/s1. The zero-order valence-electron chi connectivity index (χ0n) is 15.7. The van der Waals surface area contributed by atoms with Crippen molar-refractivity contribution in [3.8, 4) is 0 Å². The smallest absolute Gasteiger partial charge is 0.305 e. The molecule has 0 rings (SSSR count). The van der Waals surface area contributed by atoms with Crippen molar-refractivity contribution in [2.45, 2.75) is 77.2 Å². The van der Waals surface area contributed by atoms with Crippen molar-refractivity contribution in [1.29, 1.82) is 0 Å². The van der Waals surface area contributed by atoms with Crippen LogP contribution in [-0.4, -0.2) is 35.5 Å². The molecule has 0 radical (unpaired) electrons. The maximum absolute atomic E-state index is 11.4. The lowest BCUT2D eigenvalue weighted by atomic mass is 10.1. The zero-order chi connectivity index (χ0) is 18.6. The second-order valence-electron chi connectivity index (χ2n) is 6.12. The van der Waals surface area contributed by atoms with Gasteiger partial charge in [0, 0.05) is 6.42 Å². The van der Waals surface area contributed by atoms with Gasteiger partial charge in [0.05, 0.1) is 6.61 Å². The zero-order valence-corrected chi connectivity index (χ0v) is 15.7. The average Bonchev–Trinajstić information content (AvgIpc) is 2.62. The van der Waals surface area contributed by atoms with Gasteiger partial charge in [-0.2, -0.15) is 0 Å². The first-order valence-electron chi connectivity index (χ1n) is 9.60. The molecule has 144 valence electrons. The lowest BCUT2D eigenvalue weighted by molar-refractivity contribution is -0.147. The maximum atomic E-state index is 11.4. The van der Waals surface area contributed by atoms with Gasteiger partial charge in [0.1, 0.15) is 12.7 Å². The number of esters is 1. The summed E-state index contributed by atoms with van der Waals surface area (Å²) in [6, 6.07) is 0. The van der Waals surface area contributed by atoms with E-state index in [1.165, 1.54) is 12.8 Å². The highest BCUT2D eigenvalue weighted by Gasteiger charge is 2.07. The third-order valence-electron chi connectivity index (χ3n) is 3.68. The van der Waals surface area contributed by atoms with E-state index in [4.69, 9.17) is 14.9 Å². The number of unbranched alkanes of at least 4 members (excludes halogenated alkanes) is 5. The van der Waals surface area contributed by atoms with Gasteiger partial charge < -0.3 is 14.9 Å². The van der Waals surface area contributed by atoms with E-state index in [0.29, 0.717) is 6.42 Å². The van der Waals surface area contributed by atoms with Gasteiger partial charge in [0.2, 0.25) is 0 Å². The molecule has 4 nitrogen and oxygen atoms in total. The second-order valence-corrected chi connectivity index (χ2v) is 6.12. The van der Waals surface area contributed by atoms with E-state index < -0.39 is 6.10 Å². The maximum Gasteiger partial charge on any atom is 0.305 e. The molecule has 1 atom stereocenters. The summed E-state index contributed by atoms with van der Waals surface area (Å²) >= 11 is 0. The molecule has 0 aliphatic carbocycles. The lowest BCUT2D eigenvalue weighted by Gasteiger charge is -2.08. The molecule has 0 unspecified atom stereocenters. The van der Waals surface area contributed by atoms with Crippen LogP contribution in [0.15, 0.2) is 36.5 Å². The fourth-order valence-corrected chi connectivity index (χ4v) is 2.20. The van der Waals surface area contributed by atoms with E-state index in [-0.39, 0.29) is 19.2 Å². The monoisotopic (exact) mass is 352 g/mol. The lowest BCUT2D eigenvalue weighted by Crippen LogP contribution is -2.21. The molecule has 2 N–H and O–H groups in total. The number of ether oxygens (including phenoxy) is 1. The molecule has 0 aliphatic rings. The van der Waals surface area contributed by atoms with Crippen LogP contribution >= 0.6 is 0 Å². The molecule has 25 heavy (non-hydrogen) atoms. The van der Waals surface area contributed by atoms with Crippen molar-refractivity contribution in [2.75, 3.05) is 13.2 Å². The van der Waals surface area contributed by atoms with Crippen molar-refractivity contribution in [2.24, 2.45) is 0 Å². The molecule has 4 heteroatoms. The summed E-state index contributed by atoms with van der Waals surface area (Å²) in [6.45, 7) is 1.64. The molecule has 0 amide bonds. The molecule has 0 saturated carbocycles. The predicted molar refractivity (Wildman–Crippen MR) is 103 cm³/mol. The van der Waals surface area contributed by atoms with Gasteiger partial charge in [0.25, 0.3) is 0 Å². The highest BCUT2D eigenvalue weighted by atomic mass is 16.5. The van der Waals surface area contributed by atoms with Crippen LogP contribution in [0, 0.1) is 0 Å². The summed E-state index contributed by atoms with van der Waals surface area (Å²) in [5, 5.41) is 17.7. The van der Waals surface area contributed by atoms with Crippen LogP contribution in [0.1, 0.15) is 71.1 Å². The Labute approximate surface area is 153 Å². The minimum Gasteiger partial charge on any atom is -0.463 e. The minimum absolute atomic E-state index is 0.119. The number of aliphatic hydroxyl groups excluding tert-OH is 2. The van der Waals surface area contributed by atoms with Crippen molar-refractivity contribution >= 4 is 5.97 Å². The number of hydrogen-bond donors (Lipinski definition) is 2. The van der Waals surface area contributed by atoms with Crippen LogP contribution in [0.5, 0.6) is 0 Å². The van der Waals surface area contributed by atoms with Crippen LogP contribution in [0.3, 0.4) is 0 Å². The van der Waals surface area contributed by atoms with Gasteiger partial charge in [-0.25, -0.2) is 0 Å². The highest BCUT2D eigenvalue weighted by Crippen LogP contribution is 2.08. The van der Waals surface area contributed by atoms with Crippen LogP contribution in [-0.2, 0) is 9.53 Å². The van der Waals surface area contributed by atoms with Gasteiger partial charge in [-0.15, -0.1) is 0 Å². The molecule has 0 fully saturated rings. The molecular formula is C21H36O4. The summed E-state index contributed by atoms with van der Waals surface area (Å²) in [4.78, 5) is 11.4. The average molecular weight is 353 g/mol. The van der Waals surface area contributed by atoms with Crippen molar-refractivity contribution in [3.05, 3.63) is 36.5 Å². The van der Waals surface area contributed by atoms with Crippen molar-refractivity contribution in [3.63, 3.8) is 0 Å². The summed E-state index contributed by atoms with van der Waals surface area (Å²) < 4.78 is 4.85. The minimum atomic E-state index is -0.967. The fourth-order valence-electron chi connectivity index (χ4n) is 2.20. The molecule has 0 aromatic rings.